The Morgan fingerprint density at radius 2 is 1.93 bits per heavy atom. The van der Waals surface area contributed by atoms with Crippen molar-refractivity contribution < 1.29 is 0 Å². The molecule has 1 unspecified atom stereocenters. The van der Waals surface area contributed by atoms with Crippen LogP contribution in [-0.4, -0.2) is 49.1 Å². The molecule has 1 heterocycles. The first-order valence-corrected chi connectivity index (χ1v) is 6.05. The normalized spacial score (nSPS) is 26.4. The van der Waals surface area contributed by atoms with Crippen molar-refractivity contribution in [1.29, 1.82) is 0 Å². The van der Waals surface area contributed by atoms with E-state index in [1.165, 1.54) is 39.0 Å². The zero-order valence-electron chi connectivity index (χ0n) is 9.95. The van der Waals surface area contributed by atoms with Gasteiger partial charge in [-0.3, -0.25) is 4.90 Å². The summed E-state index contributed by atoms with van der Waals surface area (Å²) in [4.78, 5) is 5.03. The molecular formula is C13H22N2. The summed E-state index contributed by atoms with van der Waals surface area (Å²) in [5.74, 6) is 0. The molecule has 2 rings (SSSR count). The van der Waals surface area contributed by atoms with Crippen LogP contribution >= 0.6 is 0 Å². The van der Waals surface area contributed by atoms with E-state index in [1.54, 1.807) is 5.57 Å². The van der Waals surface area contributed by atoms with Gasteiger partial charge in [0, 0.05) is 32.2 Å². The van der Waals surface area contributed by atoms with E-state index in [0.717, 1.165) is 0 Å². The van der Waals surface area contributed by atoms with Crippen LogP contribution < -0.4 is 0 Å². The Labute approximate surface area is 93.2 Å². The molecule has 1 fully saturated rings. The average molecular weight is 206 g/mol. The first-order valence-electron chi connectivity index (χ1n) is 6.05. The molecule has 0 aromatic rings. The van der Waals surface area contributed by atoms with Crippen LogP contribution in [0.25, 0.3) is 0 Å². The lowest BCUT2D eigenvalue weighted by Gasteiger charge is -2.37. The second-order valence-electron chi connectivity index (χ2n) is 4.72. The molecule has 15 heavy (non-hydrogen) atoms. The fourth-order valence-electron chi connectivity index (χ4n) is 2.41. The minimum absolute atomic E-state index is 0.642. The zero-order valence-corrected chi connectivity index (χ0v) is 9.95. The van der Waals surface area contributed by atoms with Crippen LogP contribution in [0.15, 0.2) is 23.8 Å². The van der Waals surface area contributed by atoms with E-state index >= 15 is 0 Å². The Balaban J connectivity index is 1.92. The lowest BCUT2D eigenvalue weighted by atomic mass is 9.97. The van der Waals surface area contributed by atoms with Gasteiger partial charge in [0.2, 0.25) is 0 Å². The van der Waals surface area contributed by atoms with Crippen LogP contribution in [0.2, 0.25) is 0 Å². The number of hydrogen-bond acceptors (Lipinski definition) is 2. The molecule has 1 aliphatic heterocycles. The monoisotopic (exact) mass is 206 g/mol. The lowest BCUT2D eigenvalue weighted by molar-refractivity contribution is 0.131. The van der Waals surface area contributed by atoms with Crippen LogP contribution in [0.3, 0.4) is 0 Å². The van der Waals surface area contributed by atoms with Gasteiger partial charge in [-0.1, -0.05) is 23.8 Å². The third-order valence-electron chi connectivity index (χ3n) is 3.67. The molecule has 1 atom stereocenters. The fourth-order valence-corrected chi connectivity index (χ4v) is 2.41. The van der Waals surface area contributed by atoms with Gasteiger partial charge in [-0.2, -0.15) is 0 Å². The highest BCUT2D eigenvalue weighted by Gasteiger charge is 2.21. The standard InChI is InChI=1S/C13H22N2/c1-12(13-6-4-3-5-7-13)15-10-8-14(2)9-11-15/h3-4,6,12H,5,7-11H2,1-2H3. The molecule has 0 bridgehead atoms. The van der Waals surface area contributed by atoms with Crippen LogP contribution in [0.1, 0.15) is 19.8 Å². The summed E-state index contributed by atoms with van der Waals surface area (Å²) < 4.78 is 0. The number of rotatable bonds is 2. The van der Waals surface area contributed by atoms with Crippen molar-refractivity contribution >= 4 is 0 Å². The van der Waals surface area contributed by atoms with E-state index in [1.807, 2.05) is 0 Å². The van der Waals surface area contributed by atoms with Gasteiger partial charge in [0.25, 0.3) is 0 Å². The largest absolute Gasteiger partial charge is 0.304 e. The summed E-state index contributed by atoms with van der Waals surface area (Å²) in [5.41, 5.74) is 1.61. The second kappa shape index (κ2) is 4.95. The third kappa shape index (κ3) is 2.70. The Kier molecular flexibility index (Phi) is 3.60. The first-order chi connectivity index (χ1) is 7.27. The summed E-state index contributed by atoms with van der Waals surface area (Å²) in [7, 11) is 2.21. The van der Waals surface area contributed by atoms with Crippen LogP contribution in [0.5, 0.6) is 0 Å². The maximum absolute atomic E-state index is 2.62. The van der Waals surface area contributed by atoms with Gasteiger partial charge in [-0.05, 0) is 26.8 Å². The van der Waals surface area contributed by atoms with Gasteiger partial charge >= 0.3 is 0 Å². The van der Waals surface area contributed by atoms with Gasteiger partial charge in [0.05, 0.1) is 0 Å². The maximum atomic E-state index is 2.62. The minimum Gasteiger partial charge on any atom is -0.304 e. The molecule has 0 N–H and O–H groups in total. The molecule has 0 saturated carbocycles. The van der Waals surface area contributed by atoms with Crippen molar-refractivity contribution in [3.05, 3.63) is 23.8 Å². The van der Waals surface area contributed by atoms with Gasteiger partial charge in [-0.25, -0.2) is 0 Å². The van der Waals surface area contributed by atoms with E-state index in [4.69, 9.17) is 0 Å². The molecule has 0 radical (unpaired) electrons. The number of nitrogens with zero attached hydrogens (tertiary/aromatic N) is 2. The van der Waals surface area contributed by atoms with Gasteiger partial charge in [0.1, 0.15) is 0 Å². The molecule has 2 heteroatoms. The second-order valence-corrected chi connectivity index (χ2v) is 4.72. The maximum Gasteiger partial charge on any atom is 0.0283 e. The van der Waals surface area contributed by atoms with E-state index in [0.29, 0.717) is 6.04 Å². The number of allylic oxidation sites excluding steroid dienone is 3. The van der Waals surface area contributed by atoms with E-state index < -0.39 is 0 Å². The topological polar surface area (TPSA) is 6.48 Å². The van der Waals surface area contributed by atoms with Crippen LogP contribution in [0.4, 0.5) is 0 Å². The predicted octanol–water partition coefficient (Wildman–Crippen LogP) is 1.90. The van der Waals surface area contributed by atoms with E-state index in [2.05, 4.69) is 42.0 Å². The van der Waals surface area contributed by atoms with Crippen molar-refractivity contribution in [2.24, 2.45) is 0 Å². The van der Waals surface area contributed by atoms with Gasteiger partial charge < -0.3 is 4.90 Å². The molecule has 1 saturated heterocycles. The zero-order chi connectivity index (χ0) is 10.7. The van der Waals surface area contributed by atoms with Crippen LogP contribution in [-0.2, 0) is 0 Å². The van der Waals surface area contributed by atoms with Crippen molar-refractivity contribution in [1.82, 2.24) is 9.80 Å². The van der Waals surface area contributed by atoms with Crippen molar-refractivity contribution in [3.8, 4) is 0 Å². The summed E-state index contributed by atoms with van der Waals surface area (Å²) in [5, 5.41) is 0. The van der Waals surface area contributed by atoms with Gasteiger partial charge in [0.15, 0.2) is 0 Å². The fraction of sp³-hybridized carbons (Fsp3) is 0.692. The van der Waals surface area contributed by atoms with E-state index in [9.17, 15) is 0 Å². The summed E-state index contributed by atoms with van der Waals surface area (Å²) >= 11 is 0. The summed E-state index contributed by atoms with van der Waals surface area (Å²) in [6, 6.07) is 0.642. The Morgan fingerprint density at radius 1 is 1.20 bits per heavy atom. The first kappa shape index (κ1) is 10.9. The highest BCUT2D eigenvalue weighted by atomic mass is 15.3. The molecule has 0 aromatic carbocycles. The summed E-state index contributed by atoms with van der Waals surface area (Å²) in [6.07, 6.45) is 9.27. The van der Waals surface area contributed by atoms with Crippen molar-refractivity contribution in [2.75, 3.05) is 33.2 Å². The molecule has 0 amide bonds. The smallest absolute Gasteiger partial charge is 0.0283 e. The molecule has 0 aromatic heterocycles. The SMILES string of the molecule is CC(C1=CC=CCC1)N1CCN(C)CC1. The van der Waals surface area contributed by atoms with E-state index in [-0.39, 0.29) is 0 Å². The number of hydrogen-bond donors (Lipinski definition) is 0. The Bertz CT molecular complexity index is 260. The van der Waals surface area contributed by atoms with Gasteiger partial charge in [-0.15, -0.1) is 0 Å². The molecule has 2 aliphatic rings. The quantitative estimate of drug-likeness (QED) is 0.681. The third-order valence-corrected chi connectivity index (χ3v) is 3.67. The molecular weight excluding hydrogens is 184 g/mol. The van der Waals surface area contributed by atoms with Crippen molar-refractivity contribution in [3.63, 3.8) is 0 Å². The number of piperazine rings is 1. The number of likely N-dealkylation sites (N-methyl/N-ethyl adjacent to an activating group) is 1. The lowest BCUT2D eigenvalue weighted by Crippen LogP contribution is -2.48. The molecule has 84 valence electrons. The highest BCUT2D eigenvalue weighted by Crippen LogP contribution is 2.20. The Hall–Kier alpha value is -0.600. The summed E-state index contributed by atoms with van der Waals surface area (Å²) in [6.45, 7) is 7.23. The average Bonchev–Trinajstić information content (AvgIpc) is 2.30. The minimum atomic E-state index is 0.642. The van der Waals surface area contributed by atoms with Crippen LogP contribution in [0, 0.1) is 0 Å². The molecule has 2 nitrogen and oxygen atoms in total. The molecule has 1 aliphatic carbocycles. The highest BCUT2D eigenvalue weighted by molar-refractivity contribution is 5.22. The van der Waals surface area contributed by atoms with Crippen molar-refractivity contribution in [2.45, 2.75) is 25.8 Å². The molecule has 0 spiro atoms. The Morgan fingerprint density at radius 3 is 2.53 bits per heavy atom. The predicted molar refractivity (Wildman–Crippen MR) is 65.0 cm³/mol.